The van der Waals surface area contributed by atoms with Gasteiger partial charge in [-0.2, -0.15) is 0 Å². The summed E-state index contributed by atoms with van der Waals surface area (Å²) in [5.41, 5.74) is 0.267. The first-order valence-electron chi connectivity index (χ1n) is 5.93. The monoisotopic (exact) mass is 253 g/mol. The molecule has 19 heavy (non-hydrogen) atoms. The molecule has 2 aromatic carbocycles. The van der Waals surface area contributed by atoms with Crippen molar-refractivity contribution < 1.29 is 9.53 Å². The molecular formula is C16H15NO2. The van der Waals surface area contributed by atoms with Gasteiger partial charge in [0.2, 0.25) is 5.54 Å². The van der Waals surface area contributed by atoms with Gasteiger partial charge in [-0.25, -0.2) is 4.79 Å². The van der Waals surface area contributed by atoms with Crippen LogP contribution in [0.1, 0.15) is 11.1 Å². The Morgan fingerprint density at radius 2 is 1.42 bits per heavy atom. The number of carbonyl (C=O) groups is 1. The maximum absolute atomic E-state index is 12.3. The summed E-state index contributed by atoms with van der Waals surface area (Å²) in [4.78, 5) is 16.4. The van der Waals surface area contributed by atoms with E-state index in [1.54, 1.807) is 0 Å². The quantitative estimate of drug-likeness (QED) is 0.620. The Hall–Kier alpha value is -2.42. The van der Waals surface area contributed by atoms with Crippen LogP contribution in [0.15, 0.2) is 65.7 Å². The summed E-state index contributed by atoms with van der Waals surface area (Å²) < 4.78 is 4.94. The summed E-state index contributed by atoms with van der Waals surface area (Å²) in [6.07, 6.45) is 0. The fraction of sp³-hybridized carbons (Fsp3) is 0.125. The van der Waals surface area contributed by atoms with Gasteiger partial charge in [0, 0.05) is 0 Å². The minimum absolute atomic E-state index is 0.445. The molecule has 96 valence electrons. The Morgan fingerprint density at radius 3 is 1.74 bits per heavy atom. The highest BCUT2D eigenvalue weighted by Crippen LogP contribution is 2.34. The largest absolute Gasteiger partial charge is 0.467 e. The van der Waals surface area contributed by atoms with E-state index in [0.717, 1.165) is 11.1 Å². The molecular weight excluding hydrogens is 238 g/mol. The summed E-state index contributed by atoms with van der Waals surface area (Å²) >= 11 is 0. The second kappa shape index (κ2) is 5.48. The lowest BCUT2D eigenvalue weighted by atomic mass is 9.83. The van der Waals surface area contributed by atoms with Gasteiger partial charge >= 0.3 is 5.97 Å². The highest BCUT2D eigenvalue weighted by Gasteiger charge is 2.42. The topological polar surface area (TPSA) is 38.7 Å². The average Bonchev–Trinajstić information content (AvgIpc) is 2.50. The molecule has 0 amide bonds. The number of nitrogens with zero attached hydrogens (tertiary/aromatic N) is 1. The summed E-state index contributed by atoms with van der Waals surface area (Å²) in [6, 6.07) is 18.6. The number of ether oxygens (including phenoxy) is 1. The maximum atomic E-state index is 12.3. The van der Waals surface area contributed by atoms with E-state index in [1.165, 1.54) is 7.11 Å². The first-order chi connectivity index (χ1) is 9.25. The van der Waals surface area contributed by atoms with Crippen molar-refractivity contribution in [1.82, 2.24) is 0 Å². The van der Waals surface area contributed by atoms with Crippen LogP contribution >= 0.6 is 0 Å². The zero-order valence-corrected chi connectivity index (χ0v) is 10.7. The van der Waals surface area contributed by atoms with E-state index >= 15 is 0 Å². The van der Waals surface area contributed by atoms with Gasteiger partial charge in [0.05, 0.1) is 7.11 Å². The molecule has 0 unspecified atom stereocenters. The van der Waals surface area contributed by atoms with Crippen LogP contribution in [0.5, 0.6) is 0 Å². The van der Waals surface area contributed by atoms with Gasteiger partial charge < -0.3 is 4.74 Å². The molecule has 0 heterocycles. The van der Waals surface area contributed by atoms with Gasteiger partial charge in [-0.15, -0.1) is 0 Å². The molecule has 0 N–H and O–H groups in total. The average molecular weight is 253 g/mol. The molecule has 0 saturated carbocycles. The lowest BCUT2D eigenvalue weighted by Crippen LogP contribution is -2.36. The first kappa shape index (κ1) is 13.0. The van der Waals surface area contributed by atoms with E-state index in [4.69, 9.17) is 4.74 Å². The smallest absolute Gasteiger partial charge is 0.343 e. The zero-order chi connectivity index (χ0) is 13.7. The van der Waals surface area contributed by atoms with Crippen LogP contribution in [0.4, 0.5) is 0 Å². The number of aliphatic imine (C=N–C) groups is 1. The van der Waals surface area contributed by atoms with Gasteiger partial charge in [0.15, 0.2) is 0 Å². The van der Waals surface area contributed by atoms with E-state index < -0.39 is 11.5 Å². The Labute approximate surface area is 112 Å². The summed E-state index contributed by atoms with van der Waals surface area (Å²) in [5.74, 6) is -0.445. The number of carbonyl (C=O) groups excluding carboxylic acids is 1. The van der Waals surface area contributed by atoms with Crippen molar-refractivity contribution in [3.63, 3.8) is 0 Å². The molecule has 2 aromatic rings. The van der Waals surface area contributed by atoms with Crippen molar-refractivity contribution in [2.45, 2.75) is 5.54 Å². The Kier molecular flexibility index (Phi) is 3.76. The summed E-state index contributed by atoms with van der Waals surface area (Å²) in [6.45, 7) is 3.60. The third-order valence-electron chi connectivity index (χ3n) is 3.10. The molecule has 3 nitrogen and oxygen atoms in total. The third kappa shape index (κ3) is 2.15. The van der Waals surface area contributed by atoms with Crippen molar-refractivity contribution in [1.29, 1.82) is 0 Å². The van der Waals surface area contributed by atoms with E-state index in [9.17, 15) is 4.79 Å². The molecule has 3 heteroatoms. The van der Waals surface area contributed by atoms with Crippen LogP contribution in [0.25, 0.3) is 0 Å². The highest BCUT2D eigenvalue weighted by molar-refractivity contribution is 5.88. The number of hydrogen-bond donors (Lipinski definition) is 0. The van der Waals surface area contributed by atoms with Gasteiger partial charge in [-0.1, -0.05) is 60.7 Å². The first-order valence-corrected chi connectivity index (χ1v) is 5.93. The standard InChI is InChI=1S/C16H15NO2/c1-17-16(15(18)19-2,13-9-5-3-6-10-13)14-11-7-4-8-12-14/h3-12H,1H2,2H3. The molecule has 0 bridgehead atoms. The van der Waals surface area contributed by atoms with Crippen LogP contribution in [-0.4, -0.2) is 19.8 Å². The molecule has 0 fully saturated rings. The van der Waals surface area contributed by atoms with Crippen molar-refractivity contribution in [2.24, 2.45) is 4.99 Å². The van der Waals surface area contributed by atoms with Crippen LogP contribution in [0.3, 0.4) is 0 Å². The van der Waals surface area contributed by atoms with Crippen LogP contribution in [-0.2, 0) is 15.1 Å². The lowest BCUT2D eigenvalue weighted by Gasteiger charge is -2.27. The Morgan fingerprint density at radius 1 is 1.00 bits per heavy atom. The second-order valence-corrected chi connectivity index (χ2v) is 4.09. The number of methoxy groups -OCH3 is 1. The van der Waals surface area contributed by atoms with Gasteiger partial charge in [-0.05, 0) is 17.8 Å². The Balaban J connectivity index is 2.69. The van der Waals surface area contributed by atoms with E-state index in [-0.39, 0.29) is 0 Å². The van der Waals surface area contributed by atoms with Crippen LogP contribution < -0.4 is 0 Å². The van der Waals surface area contributed by atoms with Crippen molar-refractivity contribution >= 4 is 12.7 Å². The zero-order valence-electron chi connectivity index (χ0n) is 10.7. The SMILES string of the molecule is C=NC(C(=O)OC)(c1ccccc1)c1ccccc1. The molecule has 2 rings (SSSR count). The van der Waals surface area contributed by atoms with Gasteiger partial charge in [0.1, 0.15) is 0 Å². The van der Waals surface area contributed by atoms with Gasteiger partial charge in [0.25, 0.3) is 0 Å². The highest BCUT2D eigenvalue weighted by atomic mass is 16.5. The van der Waals surface area contributed by atoms with E-state index in [0.29, 0.717) is 0 Å². The minimum Gasteiger partial charge on any atom is -0.467 e. The number of esters is 1. The fourth-order valence-electron chi connectivity index (χ4n) is 2.16. The molecule has 0 aliphatic heterocycles. The van der Waals surface area contributed by atoms with E-state index in [2.05, 4.69) is 11.7 Å². The van der Waals surface area contributed by atoms with Gasteiger partial charge in [-0.3, -0.25) is 4.99 Å². The minimum atomic E-state index is -1.21. The van der Waals surface area contributed by atoms with Crippen molar-refractivity contribution in [3.8, 4) is 0 Å². The second-order valence-electron chi connectivity index (χ2n) is 4.09. The van der Waals surface area contributed by atoms with E-state index in [1.807, 2.05) is 60.7 Å². The molecule has 0 radical (unpaired) electrons. The normalized spacial score (nSPS) is 10.8. The summed E-state index contributed by atoms with van der Waals surface area (Å²) in [5, 5.41) is 0. The predicted octanol–water partition coefficient (Wildman–Crippen LogP) is 2.80. The van der Waals surface area contributed by atoms with Crippen LogP contribution in [0.2, 0.25) is 0 Å². The fourth-order valence-corrected chi connectivity index (χ4v) is 2.16. The molecule has 0 aliphatic rings. The summed E-state index contributed by atoms with van der Waals surface area (Å²) in [7, 11) is 1.36. The molecule has 0 aliphatic carbocycles. The molecule has 0 aromatic heterocycles. The van der Waals surface area contributed by atoms with Crippen molar-refractivity contribution in [2.75, 3.05) is 7.11 Å². The maximum Gasteiger partial charge on any atom is 0.343 e. The molecule has 0 atom stereocenters. The lowest BCUT2D eigenvalue weighted by molar-refractivity contribution is -0.145. The van der Waals surface area contributed by atoms with Crippen LogP contribution in [0, 0.1) is 0 Å². The molecule has 0 saturated heterocycles. The number of hydrogen-bond acceptors (Lipinski definition) is 3. The number of rotatable bonds is 4. The third-order valence-corrected chi connectivity index (χ3v) is 3.10. The predicted molar refractivity (Wildman–Crippen MR) is 75.2 cm³/mol. The Bertz CT molecular complexity index is 524. The number of benzene rings is 2. The van der Waals surface area contributed by atoms with Crippen molar-refractivity contribution in [3.05, 3.63) is 71.8 Å². The molecule has 0 spiro atoms.